The highest BCUT2D eigenvalue weighted by Crippen LogP contribution is 2.50. The second kappa shape index (κ2) is 10.6. The maximum atomic E-state index is 15.7. The fourth-order valence-corrected chi connectivity index (χ4v) is 4.98. The van der Waals surface area contributed by atoms with Crippen molar-refractivity contribution in [3.8, 4) is 11.5 Å². The standard InChI is InChI=1S/C25H24Cl2F2N2O5/c1-4-21(32)31-16-5-6-35-12-14(16)8-15-7-13-9-20(36-19(13)11-30-15)25(28,29)22-23(26)17(33-2)10-18(34-3)24(22)27/h4,7,9-11,14,16H,1,5-6,8,12H2,2-3H3,(H,31,32). The number of amides is 1. The van der Waals surface area contributed by atoms with Gasteiger partial charge >= 0.3 is 5.92 Å². The first-order valence-corrected chi connectivity index (χ1v) is 11.8. The number of pyridine rings is 1. The molecule has 0 aliphatic carbocycles. The van der Waals surface area contributed by atoms with E-state index in [0.717, 1.165) is 0 Å². The quantitative estimate of drug-likeness (QED) is 0.377. The van der Waals surface area contributed by atoms with E-state index in [1.54, 1.807) is 6.07 Å². The first-order valence-electron chi connectivity index (χ1n) is 11.1. The molecule has 0 saturated carbocycles. The molecular formula is C25H24Cl2F2N2O5. The van der Waals surface area contributed by atoms with Gasteiger partial charge in [0.15, 0.2) is 11.3 Å². The molecule has 192 valence electrons. The van der Waals surface area contributed by atoms with Gasteiger partial charge in [-0.2, -0.15) is 8.78 Å². The Bertz CT molecular complexity index is 1270. The second-order valence-corrected chi connectivity index (χ2v) is 9.09. The van der Waals surface area contributed by atoms with Crippen molar-refractivity contribution in [2.75, 3.05) is 27.4 Å². The van der Waals surface area contributed by atoms with Crippen LogP contribution in [0.2, 0.25) is 10.0 Å². The lowest BCUT2D eigenvalue weighted by atomic mass is 9.91. The molecule has 11 heteroatoms. The fourth-order valence-electron chi connectivity index (χ4n) is 4.24. The third-order valence-electron chi connectivity index (χ3n) is 6.12. The summed E-state index contributed by atoms with van der Waals surface area (Å²) in [5, 5.41) is 2.65. The molecule has 3 aromatic rings. The lowest BCUT2D eigenvalue weighted by molar-refractivity contribution is -0.118. The van der Waals surface area contributed by atoms with Crippen LogP contribution in [0.1, 0.15) is 23.4 Å². The van der Waals surface area contributed by atoms with Gasteiger partial charge in [-0.1, -0.05) is 29.8 Å². The molecule has 2 aromatic heterocycles. The van der Waals surface area contributed by atoms with Crippen LogP contribution in [0, 0.1) is 5.92 Å². The zero-order valence-corrected chi connectivity index (χ0v) is 21.1. The summed E-state index contributed by atoms with van der Waals surface area (Å²) in [6, 6.07) is 4.12. The number of nitrogens with zero attached hydrogens (tertiary/aromatic N) is 1. The second-order valence-electron chi connectivity index (χ2n) is 8.33. The first kappa shape index (κ1) is 26.2. The van der Waals surface area contributed by atoms with Crippen molar-refractivity contribution in [2.45, 2.75) is 24.8 Å². The molecule has 1 aliphatic rings. The molecule has 1 saturated heterocycles. The van der Waals surface area contributed by atoms with Gasteiger partial charge in [-0.15, -0.1) is 0 Å². The van der Waals surface area contributed by atoms with Gasteiger partial charge < -0.3 is 23.9 Å². The van der Waals surface area contributed by atoms with Gasteiger partial charge in [0.1, 0.15) is 11.5 Å². The molecule has 3 heterocycles. The average molecular weight is 541 g/mol. The van der Waals surface area contributed by atoms with Crippen LogP contribution < -0.4 is 14.8 Å². The number of furan rings is 1. The highest BCUT2D eigenvalue weighted by molar-refractivity contribution is 6.38. The van der Waals surface area contributed by atoms with E-state index in [1.807, 2.05) is 0 Å². The molecular weight excluding hydrogens is 517 g/mol. The molecule has 0 spiro atoms. The van der Waals surface area contributed by atoms with Crippen LogP contribution >= 0.6 is 23.2 Å². The third-order valence-corrected chi connectivity index (χ3v) is 6.87. The summed E-state index contributed by atoms with van der Waals surface area (Å²) < 4.78 is 52.7. The number of carbonyl (C=O) groups is 1. The van der Waals surface area contributed by atoms with Crippen molar-refractivity contribution in [1.29, 1.82) is 0 Å². The topological polar surface area (TPSA) is 82.8 Å². The molecule has 2 unspecified atom stereocenters. The van der Waals surface area contributed by atoms with E-state index in [-0.39, 0.29) is 45.0 Å². The number of hydrogen-bond acceptors (Lipinski definition) is 6. The van der Waals surface area contributed by atoms with Crippen molar-refractivity contribution < 1.29 is 32.2 Å². The average Bonchev–Trinajstić information content (AvgIpc) is 3.30. The lowest BCUT2D eigenvalue weighted by Gasteiger charge is -2.31. The van der Waals surface area contributed by atoms with Gasteiger partial charge in [-0.05, 0) is 31.1 Å². The Kier molecular flexibility index (Phi) is 7.73. The summed E-state index contributed by atoms with van der Waals surface area (Å²) in [4.78, 5) is 16.2. The summed E-state index contributed by atoms with van der Waals surface area (Å²) in [6.07, 6.45) is 3.74. The molecule has 0 radical (unpaired) electrons. The Morgan fingerprint density at radius 1 is 1.25 bits per heavy atom. The summed E-state index contributed by atoms with van der Waals surface area (Å²) in [6.45, 7) is 4.45. The number of aromatic nitrogens is 1. The largest absolute Gasteiger partial charge is 0.495 e. The van der Waals surface area contributed by atoms with Gasteiger partial charge in [0.2, 0.25) is 5.91 Å². The monoisotopic (exact) mass is 540 g/mol. The number of carbonyl (C=O) groups excluding carboxylic acids is 1. The smallest absolute Gasteiger partial charge is 0.333 e. The zero-order valence-electron chi connectivity index (χ0n) is 19.6. The molecule has 2 atom stereocenters. The van der Waals surface area contributed by atoms with Crippen LogP contribution in [0.25, 0.3) is 11.0 Å². The molecule has 4 rings (SSSR count). The van der Waals surface area contributed by atoms with Gasteiger partial charge in [-0.25, -0.2) is 0 Å². The number of ether oxygens (including phenoxy) is 3. The van der Waals surface area contributed by atoms with E-state index < -0.39 is 17.2 Å². The predicted molar refractivity (Wildman–Crippen MR) is 131 cm³/mol. The normalized spacial score (nSPS) is 18.2. The SMILES string of the molecule is C=CC(=O)NC1CCOCC1Cc1cc2cc(C(F)(F)c3c(Cl)c(OC)cc(OC)c3Cl)oc2cn1. The first-order chi connectivity index (χ1) is 17.2. The van der Waals surface area contributed by atoms with Crippen molar-refractivity contribution >= 4 is 40.1 Å². The molecule has 1 amide bonds. The molecule has 36 heavy (non-hydrogen) atoms. The minimum Gasteiger partial charge on any atom is -0.495 e. The van der Waals surface area contributed by atoms with Crippen LogP contribution in [0.5, 0.6) is 11.5 Å². The summed E-state index contributed by atoms with van der Waals surface area (Å²) in [5.74, 6) is -4.69. The predicted octanol–water partition coefficient (Wildman–Crippen LogP) is 5.54. The summed E-state index contributed by atoms with van der Waals surface area (Å²) in [7, 11) is 2.60. The molecule has 1 N–H and O–H groups in total. The van der Waals surface area contributed by atoms with Gasteiger partial charge in [0.25, 0.3) is 0 Å². The lowest BCUT2D eigenvalue weighted by Crippen LogP contribution is -2.45. The van der Waals surface area contributed by atoms with E-state index in [1.165, 1.54) is 38.6 Å². The number of methoxy groups -OCH3 is 2. The minimum atomic E-state index is -3.70. The number of benzene rings is 1. The van der Waals surface area contributed by atoms with Crippen LogP contribution in [0.15, 0.2) is 41.5 Å². The molecule has 0 bridgehead atoms. The van der Waals surface area contributed by atoms with Gasteiger partial charge in [0.05, 0.1) is 42.6 Å². The van der Waals surface area contributed by atoms with E-state index in [2.05, 4.69) is 16.9 Å². The van der Waals surface area contributed by atoms with Crippen LogP contribution in [0.3, 0.4) is 0 Å². The number of nitrogens with one attached hydrogen (secondary N) is 1. The number of hydrogen-bond donors (Lipinski definition) is 1. The van der Waals surface area contributed by atoms with Crippen molar-refractivity contribution in [3.63, 3.8) is 0 Å². The number of halogens is 4. The van der Waals surface area contributed by atoms with Crippen LogP contribution in [-0.2, 0) is 21.9 Å². The Labute approximate surface area is 216 Å². The Hall–Kier alpha value is -2.88. The third kappa shape index (κ3) is 5.00. The fraction of sp³-hybridized carbons (Fsp3) is 0.360. The van der Waals surface area contributed by atoms with Crippen molar-refractivity contribution in [1.82, 2.24) is 10.3 Å². The Balaban J connectivity index is 1.66. The number of fused-ring (bicyclic) bond motifs is 1. The van der Waals surface area contributed by atoms with Crippen molar-refractivity contribution in [2.24, 2.45) is 5.92 Å². The Morgan fingerprint density at radius 2 is 1.94 bits per heavy atom. The van der Waals surface area contributed by atoms with Crippen LogP contribution in [0.4, 0.5) is 8.78 Å². The number of rotatable bonds is 8. The maximum Gasteiger partial charge on any atom is 0.333 e. The molecule has 7 nitrogen and oxygen atoms in total. The van der Waals surface area contributed by atoms with Gasteiger partial charge in [0, 0.05) is 35.7 Å². The Morgan fingerprint density at radius 3 is 2.58 bits per heavy atom. The molecule has 1 aromatic carbocycles. The van der Waals surface area contributed by atoms with Crippen molar-refractivity contribution in [3.05, 3.63) is 64.1 Å². The van der Waals surface area contributed by atoms with E-state index >= 15 is 8.78 Å². The summed E-state index contributed by atoms with van der Waals surface area (Å²) >= 11 is 12.4. The summed E-state index contributed by atoms with van der Waals surface area (Å²) in [5.41, 5.74) is 0.131. The van der Waals surface area contributed by atoms with Crippen LogP contribution in [-0.4, -0.2) is 44.4 Å². The van der Waals surface area contributed by atoms with E-state index in [0.29, 0.717) is 37.1 Å². The van der Waals surface area contributed by atoms with E-state index in [9.17, 15) is 4.79 Å². The highest BCUT2D eigenvalue weighted by Gasteiger charge is 2.44. The van der Waals surface area contributed by atoms with Gasteiger partial charge in [-0.3, -0.25) is 9.78 Å². The van der Waals surface area contributed by atoms with E-state index in [4.69, 9.17) is 41.8 Å². The molecule has 1 aliphatic heterocycles. The highest BCUT2D eigenvalue weighted by atomic mass is 35.5. The minimum absolute atomic E-state index is 0.0135. The maximum absolute atomic E-state index is 15.7. The zero-order chi connectivity index (χ0) is 26.0. The number of alkyl halides is 2. The molecule has 1 fully saturated rings.